The Kier molecular flexibility index (Phi) is 4.79. The average molecular weight is 312 g/mol. The first-order valence-corrected chi connectivity index (χ1v) is 6.49. The van der Waals surface area contributed by atoms with Crippen LogP contribution in [0.3, 0.4) is 0 Å². The molecule has 2 aromatic carbocycles. The Hall–Kier alpha value is -3.53. The van der Waals surface area contributed by atoms with Crippen molar-refractivity contribution in [1.82, 2.24) is 0 Å². The molecule has 116 valence electrons. The van der Waals surface area contributed by atoms with Gasteiger partial charge in [-0.2, -0.15) is 5.26 Å². The van der Waals surface area contributed by atoms with Crippen molar-refractivity contribution in [3.05, 3.63) is 59.2 Å². The van der Waals surface area contributed by atoms with E-state index in [2.05, 4.69) is 5.32 Å². The van der Waals surface area contributed by atoms with Crippen LogP contribution >= 0.6 is 0 Å². The van der Waals surface area contributed by atoms with E-state index in [0.717, 1.165) is 17.7 Å². The zero-order valence-corrected chi connectivity index (χ0v) is 11.8. The lowest BCUT2D eigenvalue weighted by atomic mass is 10.1. The van der Waals surface area contributed by atoms with E-state index >= 15 is 0 Å². The van der Waals surface area contributed by atoms with Crippen LogP contribution < -0.4 is 5.32 Å². The van der Waals surface area contributed by atoms with Crippen molar-refractivity contribution >= 4 is 17.7 Å². The first kappa shape index (κ1) is 15.9. The van der Waals surface area contributed by atoms with E-state index in [0.29, 0.717) is 0 Å². The number of aromatic carboxylic acids is 1. The van der Waals surface area contributed by atoms with Crippen LogP contribution in [0.1, 0.15) is 21.5 Å². The number of carboxylic acid groups (broad SMARTS) is 1. The summed E-state index contributed by atoms with van der Waals surface area (Å²) in [7, 11) is 0. The van der Waals surface area contributed by atoms with E-state index < -0.39 is 23.4 Å². The Labute approximate surface area is 131 Å². The first-order chi connectivity index (χ1) is 11.0. The molecule has 0 aliphatic heterocycles. The Balaban J connectivity index is 2.10. The maximum Gasteiger partial charge on any atom is 0.411 e. The molecule has 7 heteroatoms. The standard InChI is InChI=1S/C16H12N2O5/c17-8-11-6-12(15(20)21)14(19)7-13(11)18-16(22)23-9-10-4-2-1-3-5-10/h1-7,19H,9H2,(H,18,22)(H,20,21). The predicted molar refractivity (Wildman–Crippen MR) is 80.0 cm³/mol. The van der Waals surface area contributed by atoms with Gasteiger partial charge in [-0.3, -0.25) is 5.32 Å². The highest BCUT2D eigenvalue weighted by atomic mass is 16.5. The highest BCUT2D eigenvalue weighted by Gasteiger charge is 2.16. The third-order valence-corrected chi connectivity index (χ3v) is 2.94. The number of rotatable bonds is 4. The van der Waals surface area contributed by atoms with Gasteiger partial charge in [0.2, 0.25) is 0 Å². The summed E-state index contributed by atoms with van der Waals surface area (Å²) in [6, 6.07) is 12.7. The van der Waals surface area contributed by atoms with Crippen LogP contribution in [0.25, 0.3) is 0 Å². The highest BCUT2D eigenvalue weighted by Crippen LogP contribution is 2.26. The summed E-state index contributed by atoms with van der Waals surface area (Å²) in [5.41, 5.74) is 0.224. The second-order valence-electron chi connectivity index (χ2n) is 4.52. The van der Waals surface area contributed by atoms with Gasteiger partial charge in [0.25, 0.3) is 0 Å². The van der Waals surface area contributed by atoms with Crippen molar-refractivity contribution in [3.63, 3.8) is 0 Å². The molecule has 2 aromatic rings. The van der Waals surface area contributed by atoms with Crippen molar-refractivity contribution in [2.75, 3.05) is 5.32 Å². The number of hydrogen-bond donors (Lipinski definition) is 3. The number of hydrogen-bond acceptors (Lipinski definition) is 5. The normalized spacial score (nSPS) is 9.70. The van der Waals surface area contributed by atoms with Crippen molar-refractivity contribution in [3.8, 4) is 11.8 Å². The third kappa shape index (κ3) is 3.98. The number of aromatic hydroxyl groups is 1. The number of carbonyl (C=O) groups excluding carboxylic acids is 1. The molecule has 0 unspecified atom stereocenters. The highest BCUT2D eigenvalue weighted by molar-refractivity contribution is 5.94. The zero-order valence-electron chi connectivity index (χ0n) is 11.8. The lowest BCUT2D eigenvalue weighted by Crippen LogP contribution is -2.14. The molecule has 0 aliphatic carbocycles. The van der Waals surface area contributed by atoms with Crippen molar-refractivity contribution < 1.29 is 24.5 Å². The largest absolute Gasteiger partial charge is 0.507 e. The number of nitrogens with zero attached hydrogens (tertiary/aromatic N) is 1. The van der Waals surface area contributed by atoms with Gasteiger partial charge in [-0.25, -0.2) is 9.59 Å². The lowest BCUT2D eigenvalue weighted by Gasteiger charge is -2.10. The van der Waals surface area contributed by atoms with Crippen molar-refractivity contribution in [2.45, 2.75) is 6.61 Å². The van der Waals surface area contributed by atoms with E-state index in [1.165, 1.54) is 0 Å². The van der Waals surface area contributed by atoms with Gasteiger partial charge >= 0.3 is 12.1 Å². The zero-order chi connectivity index (χ0) is 16.8. The van der Waals surface area contributed by atoms with Gasteiger partial charge in [0.05, 0.1) is 11.3 Å². The number of nitriles is 1. The topological polar surface area (TPSA) is 120 Å². The minimum atomic E-state index is -1.38. The number of anilines is 1. The maximum absolute atomic E-state index is 11.7. The molecule has 0 aliphatic rings. The molecule has 0 bridgehead atoms. The molecule has 0 aromatic heterocycles. The van der Waals surface area contributed by atoms with Crippen LogP contribution in [-0.4, -0.2) is 22.3 Å². The minimum Gasteiger partial charge on any atom is -0.507 e. The number of ether oxygens (including phenoxy) is 1. The summed E-state index contributed by atoms with van der Waals surface area (Å²) in [5, 5.41) is 29.8. The maximum atomic E-state index is 11.7. The molecule has 0 fully saturated rings. The monoisotopic (exact) mass is 312 g/mol. The van der Waals surface area contributed by atoms with Gasteiger partial charge in [0.15, 0.2) is 0 Å². The average Bonchev–Trinajstić information content (AvgIpc) is 2.54. The Morgan fingerprint density at radius 1 is 1.22 bits per heavy atom. The third-order valence-electron chi connectivity index (χ3n) is 2.94. The van der Waals surface area contributed by atoms with E-state index in [9.17, 15) is 14.7 Å². The Bertz CT molecular complexity index is 781. The van der Waals surface area contributed by atoms with Gasteiger partial charge in [-0.05, 0) is 11.6 Å². The van der Waals surface area contributed by atoms with Gasteiger partial charge < -0.3 is 14.9 Å². The predicted octanol–water partition coefficient (Wildman–Crippen LogP) is 2.71. The molecule has 1 amide bonds. The molecular formula is C16H12N2O5. The van der Waals surface area contributed by atoms with Gasteiger partial charge in [-0.15, -0.1) is 0 Å². The molecule has 23 heavy (non-hydrogen) atoms. The number of carboxylic acids is 1. The van der Waals surface area contributed by atoms with Crippen LogP contribution in [0.4, 0.5) is 10.5 Å². The number of carbonyl (C=O) groups is 2. The number of nitrogens with one attached hydrogen (secondary N) is 1. The summed E-state index contributed by atoms with van der Waals surface area (Å²) in [6.45, 7) is 0.0355. The fraction of sp³-hybridized carbons (Fsp3) is 0.0625. The molecule has 3 N–H and O–H groups in total. The molecular weight excluding hydrogens is 300 g/mol. The fourth-order valence-corrected chi connectivity index (χ4v) is 1.82. The smallest absolute Gasteiger partial charge is 0.411 e. The molecule has 0 heterocycles. The van der Waals surface area contributed by atoms with Crippen LogP contribution in [0.15, 0.2) is 42.5 Å². The summed E-state index contributed by atoms with van der Waals surface area (Å²) >= 11 is 0. The SMILES string of the molecule is N#Cc1cc(C(=O)O)c(O)cc1NC(=O)OCc1ccccc1. The summed E-state index contributed by atoms with van der Waals surface area (Å²) in [4.78, 5) is 22.6. The van der Waals surface area contributed by atoms with E-state index in [1.807, 2.05) is 6.07 Å². The fourth-order valence-electron chi connectivity index (χ4n) is 1.82. The molecule has 0 radical (unpaired) electrons. The quantitative estimate of drug-likeness (QED) is 0.798. The summed E-state index contributed by atoms with van der Waals surface area (Å²) in [6.07, 6.45) is -0.826. The van der Waals surface area contributed by atoms with Crippen LogP contribution in [0, 0.1) is 11.3 Å². The second kappa shape index (κ2) is 6.95. The lowest BCUT2D eigenvalue weighted by molar-refractivity contribution is 0.0693. The summed E-state index contributed by atoms with van der Waals surface area (Å²) in [5.74, 6) is -1.94. The van der Waals surface area contributed by atoms with Gasteiger partial charge in [-0.1, -0.05) is 30.3 Å². The van der Waals surface area contributed by atoms with E-state index in [-0.39, 0.29) is 17.9 Å². The van der Waals surface area contributed by atoms with Gasteiger partial charge in [0.1, 0.15) is 24.0 Å². The molecule has 2 rings (SSSR count). The van der Waals surface area contributed by atoms with Crippen molar-refractivity contribution in [1.29, 1.82) is 5.26 Å². The number of benzene rings is 2. The van der Waals surface area contributed by atoms with Crippen LogP contribution in [0.5, 0.6) is 5.75 Å². The van der Waals surface area contributed by atoms with Crippen LogP contribution in [-0.2, 0) is 11.3 Å². The summed E-state index contributed by atoms with van der Waals surface area (Å²) < 4.78 is 4.99. The van der Waals surface area contributed by atoms with Crippen LogP contribution in [0.2, 0.25) is 0 Å². The van der Waals surface area contributed by atoms with E-state index in [4.69, 9.17) is 15.1 Å². The Morgan fingerprint density at radius 3 is 2.52 bits per heavy atom. The number of amides is 1. The molecule has 0 saturated carbocycles. The van der Waals surface area contributed by atoms with Crippen molar-refractivity contribution in [2.24, 2.45) is 0 Å². The molecule has 0 saturated heterocycles. The molecule has 0 atom stereocenters. The van der Waals surface area contributed by atoms with Gasteiger partial charge in [0, 0.05) is 6.07 Å². The second-order valence-corrected chi connectivity index (χ2v) is 4.52. The Morgan fingerprint density at radius 2 is 1.91 bits per heavy atom. The minimum absolute atomic E-state index is 0.0342. The molecule has 0 spiro atoms. The molecule has 7 nitrogen and oxygen atoms in total. The first-order valence-electron chi connectivity index (χ1n) is 6.49. The van der Waals surface area contributed by atoms with E-state index in [1.54, 1.807) is 30.3 Å². The number of phenols is 1.